The number of carbonyl (C=O) groups is 3. The Hall–Kier alpha value is -2.63. The maximum atomic E-state index is 10.7. The number of benzene rings is 1. The first kappa shape index (κ1) is 16.4. The highest BCUT2D eigenvalue weighted by molar-refractivity contribution is 5.94. The molecule has 1 fully saturated rings. The van der Waals surface area contributed by atoms with Crippen LogP contribution >= 0.6 is 0 Å². The van der Waals surface area contributed by atoms with Gasteiger partial charge in [0.15, 0.2) is 0 Å². The zero-order chi connectivity index (χ0) is 16.0. The van der Waals surface area contributed by atoms with E-state index in [9.17, 15) is 14.4 Å². The maximum absolute atomic E-state index is 10.7. The molecule has 6 nitrogen and oxygen atoms in total. The molecule has 1 heterocycles. The van der Waals surface area contributed by atoms with Gasteiger partial charge < -0.3 is 15.1 Å². The lowest BCUT2D eigenvalue weighted by molar-refractivity contribution is -0.125. The highest BCUT2D eigenvalue weighted by Crippen LogP contribution is 2.11. The molecule has 0 aromatic heterocycles. The molecule has 0 bridgehead atoms. The summed E-state index contributed by atoms with van der Waals surface area (Å²) >= 11 is 0. The van der Waals surface area contributed by atoms with Gasteiger partial charge in [-0.15, -0.1) is 0 Å². The molecule has 112 valence electrons. The average Bonchev–Trinajstić information content (AvgIpc) is 2.84. The van der Waals surface area contributed by atoms with Crippen LogP contribution in [-0.4, -0.2) is 39.5 Å². The third kappa shape index (κ3) is 4.45. The van der Waals surface area contributed by atoms with Gasteiger partial charge in [0.1, 0.15) is 0 Å². The van der Waals surface area contributed by atoms with Gasteiger partial charge in [-0.3, -0.25) is 4.79 Å². The first-order valence-corrected chi connectivity index (χ1v) is 6.36. The quantitative estimate of drug-likeness (QED) is 0.889. The number of hydrogen-bond donors (Lipinski definition) is 2. The second-order valence-corrected chi connectivity index (χ2v) is 4.51. The van der Waals surface area contributed by atoms with Crippen molar-refractivity contribution >= 4 is 17.8 Å². The third-order valence-electron chi connectivity index (χ3n) is 3.05. The normalized spacial score (nSPS) is 13.4. The molecule has 0 radical (unpaired) electrons. The second-order valence-electron chi connectivity index (χ2n) is 4.51. The molecule has 2 rings (SSSR count). The van der Waals surface area contributed by atoms with E-state index in [4.69, 9.17) is 10.2 Å². The molecule has 21 heavy (non-hydrogen) atoms. The molecular formula is C15H17NO5. The molecule has 0 aliphatic carbocycles. The lowest BCUT2D eigenvalue weighted by Gasteiger charge is -2.05. The fourth-order valence-corrected chi connectivity index (χ4v) is 1.85. The maximum Gasteiger partial charge on any atom is 0.335 e. The Bertz CT molecular complexity index is 579. The molecular weight excluding hydrogens is 274 g/mol. The number of hydrogen-bond acceptors (Lipinski definition) is 3. The van der Waals surface area contributed by atoms with E-state index in [1.54, 1.807) is 18.0 Å². The smallest absolute Gasteiger partial charge is 0.335 e. The lowest BCUT2D eigenvalue weighted by Crippen LogP contribution is -2.16. The van der Waals surface area contributed by atoms with E-state index in [1.165, 1.54) is 12.1 Å². The number of amides is 1. The SMILES string of the molecule is C=CN1CCCC1=O.Cc1ccc(C(=O)O)cc1C(=O)O. The van der Waals surface area contributed by atoms with Gasteiger partial charge in [-0.2, -0.15) is 0 Å². The molecule has 6 heteroatoms. The number of likely N-dealkylation sites (tertiary alicyclic amines) is 1. The minimum Gasteiger partial charge on any atom is -0.478 e. The van der Waals surface area contributed by atoms with Crippen LogP contribution in [0.15, 0.2) is 31.0 Å². The molecule has 0 saturated carbocycles. The van der Waals surface area contributed by atoms with Crippen molar-refractivity contribution in [1.82, 2.24) is 4.90 Å². The van der Waals surface area contributed by atoms with Gasteiger partial charge in [0.05, 0.1) is 11.1 Å². The van der Waals surface area contributed by atoms with Gasteiger partial charge in [-0.25, -0.2) is 9.59 Å². The van der Waals surface area contributed by atoms with E-state index >= 15 is 0 Å². The zero-order valence-corrected chi connectivity index (χ0v) is 11.7. The highest BCUT2D eigenvalue weighted by Gasteiger charge is 2.16. The number of rotatable bonds is 3. The fraction of sp³-hybridized carbons (Fsp3) is 0.267. The molecule has 0 spiro atoms. The molecule has 1 aliphatic rings. The summed E-state index contributed by atoms with van der Waals surface area (Å²) in [6, 6.07) is 4.01. The molecule has 1 saturated heterocycles. The van der Waals surface area contributed by atoms with Crippen molar-refractivity contribution in [1.29, 1.82) is 0 Å². The van der Waals surface area contributed by atoms with Crippen LogP contribution in [0.5, 0.6) is 0 Å². The van der Waals surface area contributed by atoms with Gasteiger partial charge >= 0.3 is 11.9 Å². The Morgan fingerprint density at radius 1 is 1.29 bits per heavy atom. The first-order chi connectivity index (χ1) is 9.86. The van der Waals surface area contributed by atoms with E-state index in [2.05, 4.69) is 6.58 Å². The number of carboxylic acids is 2. The molecule has 1 amide bonds. The van der Waals surface area contributed by atoms with Gasteiger partial charge in [-0.05, 0) is 37.2 Å². The molecule has 0 atom stereocenters. The molecule has 2 N–H and O–H groups in total. The number of carboxylic acid groups (broad SMARTS) is 2. The van der Waals surface area contributed by atoms with Crippen LogP contribution in [-0.2, 0) is 4.79 Å². The van der Waals surface area contributed by atoms with Crippen LogP contribution in [0.25, 0.3) is 0 Å². The van der Waals surface area contributed by atoms with Gasteiger partial charge in [-0.1, -0.05) is 12.6 Å². The minimum absolute atomic E-state index is 0.0111. The summed E-state index contributed by atoms with van der Waals surface area (Å²) in [7, 11) is 0. The van der Waals surface area contributed by atoms with E-state index in [-0.39, 0.29) is 17.0 Å². The summed E-state index contributed by atoms with van der Waals surface area (Å²) in [6.45, 7) is 5.98. The summed E-state index contributed by atoms with van der Waals surface area (Å²) in [4.78, 5) is 33.4. The number of aromatic carboxylic acids is 2. The molecule has 0 unspecified atom stereocenters. The van der Waals surface area contributed by atoms with Crippen LogP contribution in [0.2, 0.25) is 0 Å². The van der Waals surface area contributed by atoms with Crippen LogP contribution in [0.4, 0.5) is 0 Å². The van der Waals surface area contributed by atoms with Crippen LogP contribution in [0.1, 0.15) is 39.1 Å². The summed E-state index contributed by atoms with van der Waals surface area (Å²) < 4.78 is 0. The summed E-state index contributed by atoms with van der Waals surface area (Å²) in [5.41, 5.74) is 0.570. The van der Waals surface area contributed by atoms with Crippen LogP contribution in [0.3, 0.4) is 0 Å². The summed E-state index contributed by atoms with van der Waals surface area (Å²) in [5, 5.41) is 17.3. The van der Waals surface area contributed by atoms with E-state index < -0.39 is 11.9 Å². The number of aryl methyl sites for hydroxylation is 1. The number of carbonyl (C=O) groups excluding carboxylic acids is 1. The van der Waals surface area contributed by atoms with E-state index in [1.807, 2.05) is 0 Å². The minimum atomic E-state index is -1.12. The Morgan fingerprint density at radius 3 is 2.33 bits per heavy atom. The lowest BCUT2D eigenvalue weighted by atomic mass is 10.1. The topological polar surface area (TPSA) is 94.9 Å². The predicted octanol–water partition coefficient (Wildman–Crippen LogP) is 2.14. The highest BCUT2D eigenvalue weighted by atomic mass is 16.4. The van der Waals surface area contributed by atoms with E-state index in [0.29, 0.717) is 12.0 Å². The Kier molecular flexibility index (Phi) is 5.66. The Labute approximate surface area is 122 Å². The summed E-state index contributed by atoms with van der Waals surface area (Å²) in [5.74, 6) is -2.02. The molecule has 1 aromatic carbocycles. The monoisotopic (exact) mass is 291 g/mol. The van der Waals surface area contributed by atoms with Gasteiger partial charge in [0, 0.05) is 13.0 Å². The first-order valence-electron chi connectivity index (χ1n) is 6.36. The van der Waals surface area contributed by atoms with Crippen LogP contribution in [0, 0.1) is 6.92 Å². The predicted molar refractivity (Wildman–Crippen MR) is 76.2 cm³/mol. The third-order valence-corrected chi connectivity index (χ3v) is 3.05. The molecule has 1 aliphatic heterocycles. The molecule has 1 aromatic rings. The second kappa shape index (κ2) is 7.23. The zero-order valence-electron chi connectivity index (χ0n) is 11.7. The fourth-order valence-electron chi connectivity index (χ4n) is 1.85. The van der Waals surface area contributed by atoms with Crippen molar-refractivity contribution in [2.24, 2.45) is 0 Å². The van der Waals surface area contributed by atoms with E-state index in [0.717, 1.165) is 19.0 Å². The standard InChI is InChI=1S/C9H8O4.C6H9NO/c1-5-2-3-6(8(10)11)4-7(5)9(12)13;1-2-7-5-3-4-6(7)8/h2-4H,1H3,(H,10,11)(H,12,13);2H,1,3-5H2. The largest absolute Gasteiger partial charge is 0.478 e. The van der Waals surface area contributed by atoms with Crippen molar-refractivity contribution in [2.45, 2.75) is 19.8 Å². The van der Waals surface area contributed by atoms with Gasteiger partial charge in [0.25, 0.3) is 0 Å². The Morgan fingerprint density at radius 2 is 1.95 bits per heavy atom. The van der Waals surface area contributed by atoms with Crippen LogP contribution < -0.4 is 0 Å². The van der Waals surface area contributed by atoms with Crippen molar-refractivity contribution < 1.29 is 24.6 Å². The average molecular weight is 291 g/mol. The summed E-state index contributed by atoms with van der Waals surface area (Å²) in [6.07, 6.45) is 3.28. The van der Waals surface area contributed by atoms with Crippen molar-refractivity contribution in [3.63, 3.8) is 0 Å². The number of nitrogens with zero attached hydrogens (tertiary/aromatic N) is 1. The van der Waals surface area contributed by atoms with Crippen molar-refractivity contribution in [2.75, 3.05) is 6.54 Å². The Balaban J connectivity index is 0.000000235. The van der Waals surface area contributed by atoms with Crippen molar-refractivity contribution in [3.8, 4) is 0 Å². The van der Waals surface area contributed by atoms with Gasteiger partial charge in [0.2, 0.25) is 5.91 Å². The van der Waals surface area contributed by atoms with Crippen molar-refractivity contribution in [3.05, 3.63) is 47.7 Å².